The Balaban J connectivity index is 0. The number of hydrogen-bond acceptors (Lipinski definition) is 10. The van der Waals surface area contributed by atoms with Gasteiger partial charge in [0.15, 0.2) is 0 Å². The van der Waals surface area contributed by atoms with E-state index in [0.717, 1.165) is 22.7 Å². The van der Waals surface area contributed by atoms with E-state index in [2.05, 4.69) is 111 Å². The Morgan fingerprint density at radius 2 is 1.33 bits per heavy atom. The molecule has 5 rings (SSSR count). The summed E-state index contributed by atoms with van der Waals surface area (Å²) in [7, 11) is 0. The maximum absolute atomic E-state index is 10.8. The van der Waals surface area contributed by atoms with Gasteiger partial charge in [0.1, 0.15) is 5.75 Å². The van der Waals surface area contributed by atoms with Gasteiger partial charge in [-0.2, -0.15) is 30.4 Å². The maximum atomic E-state index is 10.8. The molecule has 0 aliphatic heterocycles. The summed E-state index contributed by atoms with van der Waals surface area (Å²) in [5.41, 5.74) is 5.10. The van der Waals surface area contributed by atoms with E-state index in [0.29, 0.717) is 23.6 Å². The number of aromatic nitrogens is 4. The largest absolute Gasteiger partial charge is 2.00 e. The number of carboxylic acids is 1. The molecule has 0 unspecified atom stereocenters. The molecule has 0 aliphatic carbocycles. The van der Waals surface area contributed by atoms with Crippen molar-refractivity contribution in [2.45, 2.75) is 85.5 Å². The zero-order valence-electron chi connectivity index (χ0n) is 34.0. The van der Waals surface area contributed by atoms with E-state index >= 15 is 0 Å². The first kappa shape index (κ1) is 58.9. The molecule has 3 N–H and O–H groups in total. The minimum Gasteiger partial charge on any atom is -0.753 e. The van der Waals surface area contributed by atoms with Crippen LogP contribution in [-0.4, -0.2) is 54.2 Å². The zero-order valence-corrected chi connectivity index (χ0v) is 39.2. The first-order valence-electron chi connectivity index (χ1n) is 19.1. The summed E-state index contributed by atoms with van der Waals surface area (Å²) in [5.74, 6) is 1.59. The Bertz CT molecular complexity index is 2060. The zero-order chi connectivity index (χ0) is 40.9. The summed E-state index contributed by atoms with van der Waals surface area (Å²) in [6, 6.07) is 18.7. The molecule has 15 heteroatoms. The van der Waals surface area contributed by atoms with Crippen molar-refractivity contribution in [3.8, 4) is 28.5 Å². The van der Waals surface area contributed by atoms with Crippen LogP contribution in [-0.2, 0) is 30.7 Å². The number of aromatic carboxylic acids is 1. The van der Waals surface area contributed by atoms with Gasteiger partial charge in [0.25, 0.3) is 6.47 Å². The van der Waals surface area contributed by atoms with Gasteiger partial charge in [-0.15, -0.1) is 11.3 Å². The van der Waals surface area contributed by atoms with Crippen LogP contribution >= 0.6 is 48.8 Å². The molecule has 61 heavy (non-hydrogen) atoms. The number of thiocarbonyl (C=S) groups is 1. The van der Waals surface area contributed by atoms with Crippen molar-refractivity contribution >= 4 is 84.6 Å². The van der Waals surface area contributed by atoms with E-state index in [1.54, 1.807) is 0 Å². The molecular weight excluding hydrogens is 930 g/mol. The van der Waals surface area contributed by atoms with E-state index in [1.165, 1.54) is 127 Å². The Kier molecular flexibility index (Phi) is 35.2. The molecule has 5 aromatic rings. The minimum atomic E-state index is -1.04. The summed E-state index contributed by atoms with van der Waals surface area (Å²) in [5, 5.41) is 17.3. The van der Waals surface area contributed by atoms with Crippen LogP contribution in [0.5, 0.6) is 5.75 Å². The molecule has 0 spiro atoms. The molecule has 0 bridgehead atoms. The molecule has 328 valence electrons. The summed E-state index contributed by atoms with van der Waals surface area (Å²) >= 11 is 7.63. The number of carboxylic acid groups (broad SMARTS) is 1. The average molecular weight is 988 g/mol. The van der Waals surface area contributed by atoms with E-state index < -0.39 is 5.97 Å². The molecule has 0 aromatic carbocycles. The van der Waals surface area contributed by atoms with Crippen molar-refractivity contribution in [3.63, 3.8) is 0 Å². The second-order valence-corrected chi connectivity index (χ2v) is 15.2. The summed E-state index contributed by atoms with van der Waals surface area (Å²) in [6.45, 7) is 4.84. The Morgan fingerprint density at radius 3 is 1.93 bits per heavy atom. The predicted octanol–water partition coefficient (Wildman–Crippen LogP) is 13.7. The number of ether oxygens (including phenoxy) is 1. The fourth-order valence-electron chi connectivity index (χ4n) is 5.43. The number of isothiocyanates is 1. The quantitative estimate of drug-likeness (QED) is 0.0245. The number of aryl methyl sites for hydroxylation is 1. The minimum absolute atomic E-state index is 0. The summed E-state index contributed by atoms with van der Waals surface area (Å²) in [6.07, 6.45) is 28.7. The molecule has 0 aliphatic rings. The summed E-state index contributed by atoms with van der Waals surface area (Å²) < 4.78 is 4.68. The van der Waals surface area contributed by atoms with Crippen molar-refractivity contribution in [1.29, 1.82) is 0 Å². The van der Waals surface area contributed by atoms with Crippen LogP contribution in [0.15, 0.2) is 91.5 Å². The van der Waals surface area contributed by atoms with Crippen LogP contribution < -0.4 is 4.74 Å². The van der Waals surface area contributed by atoms with Crippen LogP contribution in [0.25, 0.3) is 52.6 Å². The molecule has 5 aromatic heterocycles. The smallest absolute Gasteiger partial charge is 0.753 e. The van der Waals surface area contributed by atoms with Crippen molar-refractivity contribution in [2.24, 2.45) is 0 Å². The number of thioether (sulfide) groups is 1. The third kappa shape index (κ3) is 24.1. The molecule has 0 amide bonds. The average Bonchev–Trinajstić information content (AvgIpc) is 3.70. The van der Waals surface area contributed by atoms with Crippen LogP contribution in [0.2, 0.25) is 0 Å². The van der Waals surface area contributed by atoms with E-state index in [9.17, 15) is 9.59 Å². The molecule has 0 atom stereocenters. The first-order valence-corrected chi connectivity index (χ1v) is 21.5. The number of rotatable bonds is 21. The SMILES string of the molecule is C.CCCCCCCSC/C=C/c1ccnc(-c2cc(/C=C/c3ccc(CCCCCC)s3)ccn2)c1.O=COc1ccnc(-c2cc(C(=O)O)ccn2)c1.S.[N-]=C=S.[NH2-].[Ru+2]. The van der Waals surface area contributed by atoms with Crippen molar-refractivity contribution in [3.05, 3.63) is 130 Å². The van der Waals surface area contributed by atoms with E-state index in [-0.39, 0.29) is 52.1 Å². The molecule has 10 nitrogen and oxygen atoms in total. The van der Waals surface area contributed by atoms with E-state index in [1.807, 2.05) is 35.5 Å². The van der Waals surface area contributed by atoms with E-state index in [4.69, 9.17) is 10.5 Å². The molecule has 5 heterocycles. The van der Waals surface area contributed by atoms with Crippen LogP contribution in [0.3, 0.4) is 0 Å². The van der Waals surface area contributed by atoms with Gasteiger partial charge in [-0.1, -0.05) is 96.7 Å². The third-order valence-corrected chi connectivity index (χ3v) is 10.4. The fourth-order valence-corrected chi connectivity index (χ4v) is 7.20. The third-order valence-electron chi connectivity index (χ3n) is 8.33. The van der Waals surface area contributed by atoms with Gasteiger partial charge in [-0.05, 0) is 96.8 Å². The van der Waals surface area contributed by atoms with Gasteiger partial charge < -0.3 is 21.4 Å². The first-order chi connectivity index (χ1) is 27.9. The molecule has 0 saturated heterocycles. The summed E-state index contributed by atoms with van der Waals surface area (Å²) in [4.78, 5) is 41.1. The molecule has 0 saturated carbocycles. The number of nitrogens with zero attached hydrogens (tertiary/aromatic N) is 5. The number of hydrogen-bond donors (Lipinski definition) is 1. The second kappa shape index (κ2) is 36.5. The Labute approximate surface area is 395 Å². The fraction of sp³-hybridized carbons (Fsp3) is 0.326. The standard InChI is InChI=1S/C32H42N2S2.C12H8N2O4.CNS.CH4.H2N.Ru.H2S/c1-3-5-7-9-11-23-35-24-12-13-27-19-21-33-31(25-27)32-26-28(20-22-34-32)15-16-30-18-17-29(36-30)14-10-8-6-4-2;15-7-18-9-2-4-14-11(6-9)10-5-8(12(16)17)1-3-13-10;2-1-3;;;;/h12-13,15-22,25-26H,3-11,14,23-24H2,1-2H3;1-7H,(H,16,17);;1H4;1H2;;1H2/q;;-1;;-1;+2;/b13-12+,16-15+;;;;;;. The normalized spacial score (nSPS) is 9.93. The maximum Gasteiger partial charge on any atom is 2.00 e. The molecule has 0 fully saturated rings. The van der Waals surface area contributed by atoms with Crippen LogP contribution in [0, 0.1) is 0 Å². The van der Waals surface area contributed by atoms with Crippen molar-refractivity contribution in [2.75, 3.05) is 11.5 Å². The number of carbonyl (C=O) groups is 2. The van der Waals surface area contributed by atoms with Crippen LogP contribution in [0.1, 0.15) is 110 Å². The topological polar surface area (TPSA) is 171 Å². The second-order valence-electron chi connectivity index (χ2n) is 12.7. The van der Waals surface area contributed by atoms with Gasteiger partial charge in [-0.3, -0.25) is 24.7 Å². The number of thiophene rings is 1. The van der Waals surface area contributed by atoms with Gasteiger partial charge in [0.2, 0.25) is 0 Å². The number of carbonyl (C=O) groups excluding carboxylic acids is 1. The Morgan fingerprint density at radius 1 is 0.787 bits per heavy atom. The predicted molar refractivity (Wildman–Crippen MR) is 263 cm³/mol. The monoisotopic (exact) mass is 988 g/mol. The molecular formula is C46H58N6O4RuS4. The van der Waals surface area contributed by atoms with Gasteiger partial charge in [0, 0.05) is 46.4 Å². The molecule has 0 radical (unpaired) electrons. The van der Waals surface area contributed by atoms with Crippen molar-refractivity contribution in [1.82, 2.24) is 19.9 Å². The van der Waals surface area contributed by atoms with Gasteiger partial charge >= 0.3 is 25.4 Å². The Hall–Kier alpha value is -4.20. The number of nitrogens with two attached hydrogens (primary N) is 1. The van der Waals surface area contributed by atoms with Gasteiger partial charge in [-0.25, -0.2) is 4.79 Å². The van der Waals surface area contributed by atoms with Crippen LogP contribution in [0.4, 0.5) is 0 Å². The number of unbranched alkanes of at least 4 members (excludes halogenated alkanes) is 7. The van der Waals surface area contributed by atoms with Crippen molar-refractivity contribution < 1.29 is 38.9 Å². The number of pyridine rings is 4. The van der Waals surface area contributed by atoms with Gasteiger partial charge in [0.05, 0.1) is 28.3 Å².